The van der Waals surface area contributed by atoms with Crippen molar-refractivity contribution in [1.29, 1.82) is 0 Å². The van der Waals surface area contributed by atoms with E-state index < -0.39 is 0 Å². The summed E-state index contributed by atoms with van der Waals surface area (Å²) in [5, 5.41) is 5.28. The van der Waals surface area contributed by atoms with Crippen LogP contribution in [0.4, 0.5) is 0 Å². The van der Waals surface area contributed by atoms with Gasteiger partial charge in [0, 0.05) is 10.3 Å². The van der Waals surface area contributed by atoms with Gasteiger partial charge in [-0.3, -0.25) is 4.79 Å². The van der Waals surface area contributed by atoms with Crippen LogP contribution < -0.4 is 5.43 Å². The van der Waals surface area contributed by atoms with Gasteiger partial charge in [-0.15, -0.1) is 22.7 Å². The van der Waals surface area contributed by atoms with Gasteiger partial charge in [0.15, 0.2) is 0 Å². The van der Waals surface area contributed by atoms with Crippen molar-refractivity contribution in [2.45, 2.75) is 0 Å². The monoisotopic (exact) mass is 284 g/mol. The minimum absolute atomic E-state index is 0.0569. The molecule has 0 unspecified atom stereocenters. The topological polar surface area (TPSA) is 30.2 Å². The van der Waals surface area contributed by atoms with E-state index in [1.807, 2.05) is 47.2 Å². The Morgan fingerprint density at radius 1 is 0.947 bits per heavy atom. The highest BCUT2D eigenvalue weighted by molar-refractivity contribution is 7.21. The molecule has 19 heavy (non-hydrogen) atoms. The zero-order valence-electron chi connectivity index (χ0n) is 9.75. The van der Waals surface area contributed by atoms with Crippen LogP contribution >= 0.6 is 22.7 Å². The quantitative estimate of drug-likeness (QED) is 0.505. The summed E-state index contributed by atoms with van der Waals surface area (Å²) in [5.74, 6) is 0. The molecule has 0 fully saturated rings. The Hall–Kier alpha value is -1.91. The minimum Gasteiger partial charge on any atom is -0.455 e. The zero-order chi connectivity index (χ0) is 12.8. The largest absolute Gasteiger partial charge is 0.455 e. The van der Waals surface area contributed by atoms with Crippen molar-refractivity contribution in [2.24, 2.45) is 0 Å². The third kappa shape index (κ3) is 1.57. The Kier molecular flexibility index (Phi) is 2.33. The maximum atomic E-state index is 12.6. The summed E-state index contributed by atoms with van der Waals surface area (Å²) in [7, 11) is 0. The van der Waals surface area contributed by atoms with Crippen LogP contribution in [0, 0.1) is 0 Å². The van der Waals surface area contributed by atoms with E-state index in [1.54, 1.807) is 22.7 Å². The fraction of sp³-hybridized carbons (Fsp3) is 0. The van der Waals surface area contributed by atoms with E-state index in [4.69, 9.17) is 4.42 Å². The molecule has 1 aromatic carbocycles. The molecule has 92 valence electrons. The molecule has 0 radical (unpaired) electrons. The van der Waals surface area contributed by atoms with Crippen molar-refractivity contribution in [3.05, 3.63) is 57.4 Å². The van der Waals surface area contributed by atoms with Gasteiger partial charge in [0.1, 0.15) is 11.2 Å². The third-order valence-corrected chi connectivity index (χ3v) is 5.09. The van der Waals surface area contributed by atoms with Crippen LogP contribution in [-0.4, -0.2) is 0 Å². The summed E-state index contributed by atoms with van der Waals surface area (Å²) < 4.78 is 5.82. The lowest BCUT2D eigenvalue weighted by molar-refractivity contribution is 0.662. The van der Waals surface area contributed by atoms with Crippen molar-refractivity contribution in [3.8, 4) is 9.75 Å². The van der Waals surface area contributed by atoms with E-state index in [2.05, 4.69) is 0 Å². The molecule has 0 aliphatic rings. The molecule has 3 heterocycles. The van der Waals surface area contributed by atoms with Gasteiger partial charge in [-0.25, -0.2) is 0 Å². The SMILES string of the molecule is O=c1c2ccccc2oc2csc(-c3cccs3)c12. The van der Waals surface area contributed by atoms with Crippen molar-refractivity contribution >= 4 is 44.6 Å². The lowest BCUT2D eigenvalue weighted by atomic mass is 10.1. The van der Waals surface area contributed by atoms with Gasteiger partial charge < -0.3 is 4.42 Å². The lowest BCUT2D eigenvalue weighted by Gasteiger charge is -1.98. The average molecular weight is 284 g/mol. The second-order valence-corrected chi connectivity index (χ2v) is 6.04. The molecule has 0 aliphatic heterocycles. The lowest BCUT2D eigenvalue weighted by Crippen LogP contribution is -2.00. The Morgan fingerprint density at radius 2 is 1.84 bits per heavy atom. The van der Waals surface area contributed by atoms with E-state index in [1.165, 1.54) is 0 Å². The first-order valence-electron chi connectivity index (χ1n) is 5.81. The molecule has 3 aromatic heterocycles. The van der Waals surface area contributed by atoms with E-state index in [-0.39, 0.29) is 5.43 Å². The normalized spacial score (nSPS) is 11.4. The van der Waals surface area contributed by atoms with Gasteiger partial charge in [-0.2, -0.15) is 0 Å². The van der Waals surface area contributed by atoms with Crippen LogP contribution in [0.1, 0.15) is 0 Å². The minimum atomic E-state index is 0.0569. The molecule has 2 nitrogen and oxygen atoms in total. The number of hydrogen-bond acceptors (Lipinski definition) is 4. The Morgan fingerprint density at radius 3 is 2.68 bits per heavy atom. The first-order valence-corrected chi connectivity index (χ1v) is 7.57. The second kappa shape index (κ2) is 4.05. The van der Waals surface area contributed by atoms with Crippen LogP contribution in [0.2, 0.25) is 0 Å². The van der Waals surface area contributed by atoms with Gasteiger partial charge >= 0.3 is 0 Å². The summed E-state index contributed by atoms with van der Waals surface area (Å²) in [4.78, 5) is 14.7. The molecule has 0 bridgehead atoms. The molecule has 0 atom stereocenters. The van der Waals surface area contributed by atoms with Gasteiger partial charge in [0.2, 0.25) is 5.43 Å². The molecule has 4 aromatic rings. The van der Waals surface area contributed by atoms with Crippen molar-refractivity contribution in [2.75, 3.05) is 0 Å². The number of benzene rings is 1. The average Bonchev–Trinajstić information content (AvgIpc) is 3.07. The van der Waals surface area contributed by atoms with Crippen LogP contribution in [0.25, 0.3) is 31.7 Å². The van der Waals surface area contributed by atoms with E-state index in [0.717, 1.165) is 9.75 Å². The van der Waals surface area contributed by atoms with Gasteiger partial charge in [-0.05, 0) is 23.6 Å². The van der Waals surface area contributed by atoms with E-state index >= 15 is 0 Å². The number of para-hydroxylation sites is 1. The van der Waals surface area contributed by atoms with Gasteiger partial charge in [0.05, 0.1) is 15.6 Å². The summed E-state index contributed by atoms with van der Waals surface area (Å²) in [5.41, 5.74) is 1.38. The molecule has 0 amide bonds. The van der Waals surface area contributed by atoms with Crippen LogP contribution in [-0.2, 0) is 0 Å². The predicted octanol–water partition coefficient (Wildman–Crippen LogP) is 4.74. The van der Waals surface area contributed by atoms with Crippen molar-refractivity contribution in [3.63, 3.8) is 0 Å². The molecule has 0 N–H and O–H groups in total. The molecular weight excluding hydrogens is 276 g/mol. The van der Waals surface area contributed by atoms with E-state index in [9.17, 15) is 4.79 Å². The maximum absolute atomic E-state index is 12.6. The van der Waals surface area contributed by atoms with Gasteiger partial charge in [-0.1, -0.05) is 18.2 Å². The smallest absolute Gasteiger partial charge is 0.202 e. The van der Waals surface area contributed by atoms with Crippen LogP contribution in [0.5, 0.6) is 0 Å². The predicted molar refractivity (Wildman–Crippen MR) is 81.2 cm³/mol. The highest BCUT2D eigenvalue weighted by Gasteiger charge is 2.15. The van der Waals surface area contributed by atoms with Gasteiger partial charge in [0.25, 0.3) is 0 Å². The fourth-order valence-corrected chi connectivity index (χ4v) is 4.06. The van der Waals surface area contributed by atoms with Crippen molar-refractivity contribution in [1.82, 2.24) is 0 Å². The maximum Gasteiger partial charge on any atom is 0.202 e. The fourth-order valence-electron chi connectivity index (χ4n) is 2.22. The van der Waals surface area contributed by atoms with E-state index in [0.29, 0.717) is 21.9 Å². The Bertz CT molecular complexity index is 930. The number of rotatable bonds is 1. The van der Waals surface area contributed by atoms with Crippen LogP contribution in [0.15, 0.2) is 56.4 Å². The highest BCUT2D eigenvalue weighted by atomic mass is 32.1. The van der Waals surface area contributed by atoms with Crippen molar-refractivity contribution < 1.29 is 4.42 Å². The zero-order valence-corrected chi connectivity index (χ0v) is 11.4. The molecule has 4 heteroatoms. The number of fused-ring (bicyclic) bond motifs is 2. The summed E-state index contributed by atoms with van der Waals surface area (Å²) in [6.07, 6.45) is 0. The summed E-state index contributed by atoms with van der Waals surface area (Å²) in [6, 6.07) is 11.4. The van der Waals surface area contributed by atoms with Crippen LogP contribution in [0.3, 0.4) is 0 Å². The summed E-state index contributed by atoms with van der Waals surface area (Å²) in [6.45, 7) is 0. The molecular formula is C15H8O2S2. The second-order valence-electron chi connectivity index (χ2n) is 4.21. The molecule has 0 aliphatic carbocycles. The molecule has 4 rings (SSSR count). The Balaban J connectivity index is 2.20. The third-order valence-electron chi connectivity index (χ3n) is 3.08. The molecule has 0 saturated carbocycles. The summed E-state index contributed by atoms with van der Waals surface area (Å²) >= 11 is 3.20. The molecule has 0 saturated heterocycles. The number of hydrogen-bond donors (Lipinski definition) is 0. The number of thiophene rings is 2. The standard InChI is InChI=1S/C15H8O2S2/c16-14-9-4-1-2-5-10(9)17-11-8-19-15(13(11)14)12-6-3-7-18-12/h1-8H. The first-order chi connectivity index (χ1) is 9.34. The Labute approximate surface area is 116 Å². The highest BCUT2D eigenvalue weighted by Crippen LogP contribution is 2.36. The first kappa shape index (κ1) is 11.0. The molecule has 0 spiro atoms.